The number of nitrogens with one attached hydrogen (secondary N) is 6. The van der Waals surface area contributed by atoms with Crippen LogP contribution in [-0.2, 0) is 51.3 Å². The second-order valence-corrected chi connectivity index (χ2v) is 20.4. The summed E-state index contributed by atoms with van der Waals surface area (Å²) in [6, 6.07) is 14.0. The third-order valence-electron chi connectivity index (χ3n) is 15.4. The Morgan fingerprint density at radius 3 is 1.34 bits per heavy atom. The Bertz CT molecular complexity index is 2390. The van der Waals surface area contributed by atoms with Crippen LogP contribution in [-0.4, -0.2) is 164 Å². The Labute approximate surface area is 444 Å². The lowest BCUT2D eigenvalue weighted by molar-refractivity contribution is -0.144. The maximum absolute atomic E-state index is 14.2. The molecule has 76 heavy (non-hydrogen) atoms. The molecule has 6 heterocycles. The molecule has 2 aromatic carbocycles. The molecular formula is C54H76N14O8. The molecule has 6 N–H and O–H groups in total. The van der Waals surface area contributed by atoms with Gasteiger partial charge in [0.15, 0.2) is 0 Å². The van der Waals surface area contributed by atoms with E-state index >= 15 is 0 Å². The van der Waals surface area contributed by atoms with Crippen LogP contribution >= 0.6 is 0 Å². The number of amides is 6. The van der Waals surface area contributed by atoms with Crippen molar-refractivity contribution in [2.45, 2.75) is 164 Å². The molecule has 2 aromatic heterocycles. The molecule has 8 rings (SSSR count). The lowest BCUT2D eigenvalue weighted by atomic mass is 9.98. The van der Waals surface area contributed by atoms with Crippen molar-refractivity contribution >= 4 is 35.4 Å². The summed E-state index contributed by atoms with van der Waals surface area (Å²) in [6.07, 6.45) is 12.2. The zero-order valence-electron chi connectivity index (χ0n) is 44.3. The minimum Gasteiger partial charge on any atom is -0.377 e. The number of carbonyl (C=O) groups excluding carboxylic acids is 6. The number of hydrogen-bond acceptors (Lipinski definition) is 14. The highest BCUT2D eigenvalue weighted by molar-refractivity contribution is 5.95. The van der Waals surface area contributed by atoms with Crippen LogP contribution in [0, 0.1) is 0 Å². The molecule has 4 aromatic rings. The zero-order valence-corrected chi connectivity index (χ0v) is 44.3. The van der Waals surface area contributed by atoms with Crippen molar-refractivity contribution in [2.24, 2.45) is 0 Å². The standard InChI is InChI=1S/C54H76N14O8/c1-35(55-3)49(69)57-41-21-13-11-19-39-23-25-45(67(39)53(41)73)51(71)59-47(37-15-7-5-8-16-37)43-33-65(63-61-43)27-29-75-31-32-76-30-28-66-34-44(62-64-66)48(38-17-9-6-10-18-38)60-52(72)46-26-24-40-20-12-14-22-42(54(74)68(40)46)58-50(70)36(2)56-4/h5-10,15-18,33-36,39-42,45-48,55-56H,11-14,19-32H2,1-4H3,(H,57,69)(H,58,70)(H,59,71)(H,60,72)/t35-,36-,39-,40-,41-,42-,45-,46-,47-,48-/m0/s1. The van der Waals surface area contributed by atoms with Gasteiger partial charge < -0.3 is 51.2 Å². The molecule has 10 atom stereocenters. The smallest absolute Gasteiger partial charge is 0.246 e. The predicted octanol–water partition coefficient (Wildman–Crippen LogP) is 2.07. The van der Waals surface area contributed by atoms with Crippen molar-refractivity contribution in [1.82, 2.24) is 71.7 Å². The Morgan fingerprint density at radius 1 is 0.553 bits per heavy atom. The monoisotopic (exact) mass is 1050 g/mol. The fourth-order valence-corrected chi connectivity index (χ4v) is 10.9. The molecule has 410 valence electrons. The molecule has 6 amide bonds. The molecule has 0 radical (unpaired) electrons. The summed E-state index contributed by atoms with van der Waals surface area (Å²) >= 11 is 0. The van der Waals surface area contributed by atoms with E-state index in [9.17, 15) is 28.8 Å². The molecular weight excluding hydrogens is 973 g/mol. The van der Waals surface area contributed by atoms with Crippen molar-refractivity contribution in [3.05, 3.63) is 95.6 Å². The Hall–Kier alpha value is -6.62. The van der Waals surface area contributed by atoms with Crippen molar-refractivity contribution in [3.63, 3.8) is 0 Å². The van der Waals surface area contributed by atoms with Gasteiger partial charge in [-0.1, -0.05) is 96.8 Å². The van der Waals surface area contributed by atoms with Crippen LogP contribution in [0.25, 0.3) is 0 Å². The number of likely N-dealkylation sites (N-methyl/N-ethyl adjacent to an activating group) is 2. The minimum atomic E-state index is -0.697. The van der Waals surface area contributed by atoms with E-state index in [2.05, 4.69) is 52.5 Å². The maximum Gasteiger partial charge on any atom is 0.246 e. The number of fused-ring (bicyclic) bond motifs is 2. The van der Waals surface area contributed by atoms with E-state index in [1.807, 2.05) is 60.7 Å². The molecule has 22 heteroatoms. The summed E-state index contributed by atoms with van der Waals surface area (Å²) in [6.45, 7) is 5.62. The molecule has 0 bridgehead atoms. The van der Waals surface area contributed by atoms with Gasteiger partial charge in [-0.3, -0.25) is 28.8 Å². The first kappa shape index (κ1) is 55.6. The summed E-state index contributed by atoms with van der Waals surface area (Å²) in [5, 5.41) is 35.7. The Morgan fingerprint density at radius 2 is 0.947 bits per heavy atom. The van der Waals surface area contributed by atoms with Crippen molar-refractivity contribution in [1.29, 1.82) is 0 Å². The van der Waals surface area contributed by atoms with Gasteiger partial charge in [-0.25, -0.2) is 9.36 Å². The molecule has 4 aliphatic rings. The second kappa shape index (κ2) is 26.9. The van der Waals surface area contributed by atoms with Crippen LogP contribution in [0.4, 0.5) is 0 Å². The second-order valence-electron chi connectivity index (χ2n) is 20.4. The number of ether oxygens (including phenoxy) is 2. The van der Waals surface area contributed by atoms with E-state index in [-0.39, 0.29) is 47.5 Å². The van der Waals surface area contributed by atoms with Crippen LogP contribution in [0.2, 0.25) is 0 Å². The van der Waals surface area contributed by atoms with Gasteiger partial charge in [0.2, 0.25) is 35.4 Å². The van der Waals surface area contributed by atoms with Crippen LogP contribution in [0.3, 0.4) is 0 Å². The van der Waals surface area contributed by atoms with Gasteiger partial charge in [-0.2, -0.15) is 0 Å². The summed E-state index contributed by atoms with van der Waals surface area (Å²) in [4.78, 5) is 85.7. The lowest BCUT2D eigenvalue weighted by Crippen LogP contribution is -2.58. The minimum absolute atomic E-state index is 0.0726. The van der Waals surface area contributed by atoms with Crippen molar-refractivity contribution in [2.75, 3.05) is 40.5 Å². The summed E-state index contributed by atoms with van der Waals surface area (Å²) in [7, 11) is 3.40. The normalized spacial score (nSPS) is 23.4. The van der Waals surface area contributed by atoms with Gasteiger partial charge in [0.25, 0.3) is 0 Å². The van der Waals surface area contributed by atoms with E-state index < -0.39 is 48.3 Å². The highest BCUT2D eigenvalue weighted by Crippen LogP contribution is 2.34. The molecule has 22 nitrogen and oxygen atoms in total. The maximum atomic E-state index is 14.2. The average molecular weight is 1050 g/mol. The molecule has 0 aliphatic carbocycles. The first-order valence-corrected chi connectivity index (χ1v) is 27.2. The lowest BCUT2D eigenvalue weighted by Gasteiger charge is -2.36. The average Bonchev–Trinajstić information content (AvgIpc) is 4.30. The molecule has 4 saturated heterocycles. The third-order valence-corrected chi connectivity index (χ3v) is 15.4. The molecule has 4 aliphatic heterocycles. The van der Waals surface area contributed by atoms with Gasteiger partial charge >= 0.3 is 0 Å². The van der Waals surface area contributed by atoms with E-state index in [0.717, 1.165) is 49.7 Å². The van der Waals surface area contributed by atoms with Crippen LogP contribution in [0.1, 0.15) is 125 Å². The number of benzene rings is 2. The third kappa shape index (κ3) is 13.9. The molecule has 0 spiro atoms. The largest absolute Gasteiger partial charge is 0.377 e. The zero-order chi connectivity index (χ0) is 53.6. The summed E-state index contributed by atoms with van der Waals surface area (Å²) in [5.41, 5.74) is 2.72. The fraction of sp³-hybridized carbons (Fsp3) is 0.593. The summed E-state index contributed by atoms with van der Waals surface area (Å²) in [5.74, 6) is -1.48. The number of aromatic nitrogens is 6. The van der Waals surface area contributed by atoms with Crippen LogP contribution in [0.15, 0.2) is 73.1 Å². The molecule has 0 saturated carbocycles. The Kier molecular flexibility index (Phi) is 19.7. The van der Waals surface area contributed by atoms with Gasteiger partial charge in [0.05, 0.1) is 76.1 Å². The highest BCUT2D eigenvalue weighted by Gasteiger charge is 2.46. The van der Waals surface area contributed by atoms with E-state index in [1.54, 1.807) is 59.5 Å². The molecule has 0 unspecified atom stereocenters. The van der Waals surface area contributed by atoms with E-state index in [4.69, 9.17) is 9.47 Å². The number of hydrogen-bond donors (Lipinski definition) is 6. The molecule has 4 fully saturated rings. The van der Waals surface area contributed by atoms with Gasteiger partial charge in [0.1, 0.15) is 35.6 Å². The first-order chi connectivity index (χ1) is 36.9. The quantitative estimate of drug-likeness (QED) is 0.0582. The Balaban J connectivity index is 0.806. The van der Waals surface area contributed by atoms with Gasteiger partial charge in [-0.05, 0) is 90.4 Å². The van der Waals surface area contributed by atoms with Crippen molar-refractivity contribution in [3.8, 4) is 0 Å². The number of carbonyl (C=O) groups is 6. The SMILES string of the molecule is CN[C@@H](C)C(=O)N[C@H]1CCCC[C@H]2CC[C@@H](C(=O)N[C@@H](c3ccccc3)c3cn(CCOCCOCCn4cc([C@@H](NC(=O)[C@@H]5CC[C@@H]6CCCC[C@H](NC(=O)[C@H](C)NC)C(=O)N65)c5ccccc5)nn4)nn3)N2C1=O. The van der Waals surface area contributed by atoms with Gasteiger partial charge in [-0.15, -0.1) is 10.2 Å². The summed E-state index contributed by atoms with van der Waals surface area (Å²) < 4.78 is 15.1. The predicted molar refractivity (Wildman–Crippen MR) is 280 cm³/mol. The number of rotatable bonds is 23. The van der Waals surface area contributed by atoms with Crippen molar-refractivity contribution < 1.29 is 38.2 Å². The van der Waals surface area contributed by atoms with Crippen LogP contribution in [0.5, 0.6) is 0 Å². The van der Waals surface area contributed by atoms with Gasteiger partial charge in [0, 0.05) is 12.1 Å². The highest BCUT2D eigenvalue weighted by atomic mass is 16.5. The number of nitrogens with zero attached hydrogens (tertiary/aromatic N) is 8. The van der Waals surface area contributed by atoms with E-state index in [1.165, 1.54) is 0 Å². The van der Waals surface area contributed by atoms with E-state index in [0.29, 0.717) is 89.4 Å². The topological polar surface area (TPSA) is 261 Å². The fourth-order valence-electron chi connectivity index (χ4n) is 10.9. The first-order valence-electron chi connectivity index (χ1n) is 27.2. The van der Waals surface area contributed by atoms with Crippen LogP contribution < -0.4 is 31.9 Å².